The van der Waals surface area contributed by atoms with E-state index in [2.05, 4.69) is 20.1 Å². The Morgan fingerprint density at radius 1 is 1.41 bits per heavy atom. The molecule has 2 N–H and O–H groups in total. The number of hydrogen-bond acceptors (Lipinski definition) is 5. The third kappa shape index (κ3) is 5.24. The number of hydrogen-bond donors (Lipinski definition) is 2. The van der Waals surface area contributed by atoms with Crippen molar-refractivity contribution in [3.8, 4) is 0 Å². The molecule has 0 saturated carbocycles. The number of aromatic nitrogens is 3. The maximum atomic E-state index is 10.8. The first kappa shape index (κ1) is 14.1. The summed E-state index contributed by atoms with van der Waals surface area (Å²) in [7, 11) is -3.10. The Kier molecular flexibility index (Phi) is 5.03. The lowest BCUT2D eigenvalue weighted by molar-refractivity contribution is 0.490. The van der Waals surface area contributed by atoms with Crippen molar-refractivity contribution in [2.75, 3.05) is 19.3 Å². The molecule has 0 aliphatic carbocycles. The van der Waals surface area contributed by atoms with Gasteiger partial charge in [0.1, 0.15) is 12.2 Å². The third-order valence-corrected chi connectivity index (χ3v) is 2.81. The molecule has 0 atom stereocenters. The molecule has 0 saturated heterocycles. The fourth-order valence-corrected chi connectivity index (χ4v) is 1.83. The van der Waals surface area contributed by atoms with Crippen LogP contribution in [0.2, 0.25) is 0 Å². The second-order valence-electron chi connectivity index (χ2n) is 4.06. The van der Waals surface area contributed by atoms with Crippen LogP contribution in [0.4, 0.5) is 0 Å². The van der Waals surface area contributed by atoms with Gasteiger partial charge in [0.2, 0.25) is 10.0 Å². The molecule has 0 aromatic carbocycles. The van der Waals surface area contributed by atoms with Gasteiger partial charge in [0, 0.05) is 19.1 Å². The Morgan fingerprint density at radius 2 is 2.12 bits per heavy atom. The van der Waals surface area contributed by atoms with Gasteiger partial charge in [0.15, 0.2) is 0 Å². The van der Waals surface area contributed by atoms with Crippen LogP contribution in [-0.4, -0.2) is 42.5 Å². The average molecular weight is 261 g/mol. The minimum atomic E-state index is -3.10. The molecule has 1 aromatic rings. The van der Waals surface area contributed by atoms with Crippen LogP contribution in [-0.2, 0) is 16.6 Å². The van der Waals surface area contributed by atoms with Crippen LogP contribution in [0.3, 0.4) is 0 Å². The number of nitrogens with zero attached hydrogens (tertiary/aromatic N) is 3. The molecule has 0 spiro atoms. The quantitative estimate of drug-likeness (QED) is 0.646. The van der Waals surface area contributed by atoms with Gasteiger partial charge in [-0.2, -0.15) is 5.10 Å². The number of sulfonamides is 1. The van der Waals surface area contributed by atoms with Gasteiger partial charge in [-0.25, -0.2) is 22.8 Å². The Labute approximate surface area is 102 Å². The first-order chi connectivity index (χ1) is 7.90. The maximum Gasteiger partial charge on any atom is 0.208 e. The van der Waals surface area contributed by atoms with E-state index in [9.17, 15) is 8.42 Å². The van der Waals surface area contributed by atoms with Crippen molar-refractivity contribution in [3.05, 3.63) is 12.2 Å². The van der Waals surface area contributed by atoms with Gasteiger partial charge in [0.25, 0.3) is 0 Å². The van der Waals surface area contributed by atoms with Crippen LogP contribution < -0.4 is 10.0 Å². The minimum Gasteiger partial charge on any atom is -0.309 e. The zero-order valence-corrected chi connectivity index (χ0v) is 11.2. The minimum absolute atomic E-state index is 0.267. The summed E-state index contributed by atoms with van der Waals surface area (Å²) in [4.78, 5) is 4.13. The maximum absolute atomic E-state index is 10.8. The summed E-state index contributed by atoms with van der Waals surface area (Å²) in [5.41, 5.74) is 0. The standard InChI is InChI=1S/C9H19N5O2S/c1-8(2)14-9(11-7-12-14)6-10-4-5-13-17(3,15)16/h7-8,10,13H,4-6H2,1-3H3. The van der Waals surface area contributed by atoms with Crippen molar-refractivity contribution >= 4 is 10.0 Å². The summed E-state index contributed by atoms with van der Waals surface area (Å²) >= 11 is 0. The third-order valence-electron chi connectivity index (χ3n) is 2.09. The van der Waals surface area contributed by atoms with Gasteiger partial charge in [0.05, 0.1) is 12.8 Å². The lowest BCUT2D eigenvalue weighted by atomic mass is 10.4. The van der Waals surface area contributed by atoms with E-state index in [0.29, 0.717) is 19.6 Å². The number of rotatable bonds is 7. The van der Waals surface area contributed by atoms with E-state index in [-0.39, 0.29) is 6.04 Å². The molecule has 1 aromatic heterocycles. The fourth-order valence-electron chi connectivity index (χ4n) is 1.36. The molecule has 0 radical (unpaired) electrons. The van der Waals surface area contributed by atoms with E-state index in [4.69, 9.17) is 0 Å². The highest BCUT2D eigenvalue weighted by molar-refractivity contribution is 7.88. The highest BCUT2D eigenvalue weighted by Crippen LogP contribution is 2.04. The van der Waals surface area contributed by atoms with Gasteiger partial charge in [-0.15, -0.1) is 0 Å². The van der Waals surface area contributed by atoms with Crippen LogP contribution in [0, 0.1) is 0 Å². The Morgan fingerprint density at radius 3 is 2.71 bits per heavy atom. The van der Waals surface area contributed by atoms with Gasteiger partial charge < -0.3 is 5.32 Å². The molecule has 0 unspecified atom stereocenters. The Bertz CT molecular complexity index is 440. The lowest BCUT2D eigenvalue weighted by Gasteiger charge is -2.10. The molecular weight excluding hydrogens is 242 g/mol. The largest absolute Gasteiger partial charge is 0.309 e. The Hall–Kier alpha value is -0.990. The first-order valence-electron chi connectivity index (χ1n) is 5.44. The van der Waals surface area contributed by atoms with E-state index >= 15 is 0 Å². The van der Waals surface area contributed by atoms with Crippen LogP contribution in [0.15, 0.2) is 6.33 Å². The van der Waals surface area contributed by atoms with Gasteiger partial charge >= 0.3 is 0 Å². The summed E-state index contributed by atoms with van der Waals surface area (Å²) in [5, 5.41) is 7.21. The molecule has 0 amide bonds. The molecule has 0 bridgehead atoms. The zero-order chi connectivity index (χ0) is 12.9. The monoisotopic (exact) mass is 261 g/mol. The topological polar surface area (TPSA) is 88.9 Å². The molecule has 0 fully saturated rings. The average Bonchev–Trinajstić information content (AvgIpc) is 2.63. The van der Waals surface area contributed by atoms with Crippen LogP contribution >= 0.6 is 0 Å². The van der Waals surface area contributed by atoms with Crippen molar-refractivity contribution < 1.29 is 8.42 Å². The molecule has 1 rings (SSSR count). The molecule has 17 heavy (non-hydrogen) atoms. The SMILES string of the molecule is CC(C)n1ncnc1CNCCNS(C)(=O)=O. The first-order valence-corrected chi connectivity index (χ1v) is 7.33. The van der Waals surface area contributed by atoms with E-state index in [1.807, 2.05) is 18.5 Å². The van der Waals surface area contributed by atoms with Gasteiger partial charge in [-0.3, -0.25) is 0 Å². The van der Waals surface area contributed by atoms with Gasteiger partial charge in [-0.05, 0) is 13.8 Å². The Balaban J connectivity index is 2.29. The van der Waals surface area contributed by atoms with Gasteiger partial charge in [-0.1, -0.05) is 0 Å². The fraction of sp³-hybridized carbons (Fsp3) is 0.778. The smallest absolute Gasteiger partial charge is 0.208 e. The van der Waals surface area contributed by atoms with Crippen molar-refractivity contribution in [2.24, 2.45) is 0 Å². The highest BCUT2D eigenvalue weighted by Gasteiger charge is 2.06. The van der Waals surface area contributed by atoms with Crippen LogP contribution in [0.5, 0.6) is 0 Å². The van der Waals surface area contributed by atoms with Crippen molar-refractivity contribution in [1.29, 1.82) is 0 Å². The van der Waals surface area contributed by atoms with E-state index in [1.165, 1.54) is 6.33 Å². The highest BCUT2D eigenvalue weighted by atomic mass is 32.2. The molecule has 0 aliphatic heterocycles. The normalized spacial score (nSPS) is 12.2. The molecular formula is C9H19N5O2S. The summed E-state index contributed by atoms with van der Waals surface area (Å²) in [6.45, 7) is 5.56. The molecule has 98 valence electrons. The lowest BCUT2D eigenvalue weighted by Crippen LogP contribution is -2.31. The van der Waals surface area contributed by atoms with E-state index in [0.717, 1.165) is 12.1 Å². The number of nitrogens with one attached hydrogen (secondary N) is 2. The molecule has 8 heteroatoms. The summed E-state index contributed by atoms with van der Waals surface area (Å²) in [6.07, 6.45) is 2.66. The summed E-state index contributed by atoms with van der Waals surface area (Å²) < 4.78 is 25.8. The predicted molar refractivity (Wildman–Crippen MR) is 65.0 cm³/mol. The van der Waals surface area contributed by atoms with Crippen molar-refractivity contribution in [3.63, 3.8) is 0 Å². The van der Waals surface area contributed by atoms with Crippen molar-refractivity contribution in [2.45, 2.75) is 26.4 Å². The summed E-state index contributed by atoms with van der Waals surface area (Å²) in [5.74, 6) is 0.847. The van der Waals surface area contributed by atoms with Crippen LogP contribution in [0.25, 0.3) is 0 Å². The molecule has 7 nitrogen and oxygen atoms in total. The predicted octanol–water partition coefficient (Wildman–Crippen LogP) is -0.502. The van der Waals surface area contributed by atoms with Crippen LogP contribution in [0.1, 0.15) is 25.7 Å². The second kappa shape index (κ2) is 6.08. The molecule has 1 heterocycles. The molecule has 0 aliphatic rings. The van der Waals surface area contributed by atoms with Crippen molar-refractivity contribution in [1.82, 2.24) is 24.8 Å². The van der Waals surface area contributed by atoms with E-state index < -0.39 is 10.0 Å². The summed E-state index contributed by atoms with van der Waals surface area (Å²) in [6, 6.07) is 0.267. The second-order valence-corrected chi connectivity index (χ2v) is 5.89. The van der Waals surface area contributed by atoms with E-state index in [1.54, 1.807) is 0 Å². The zero-order valence-electron chi connectivity index (χ0n) is 10.3.